The van der Waals surface area contributed by atoms with Gasteiger partial charge in [0.25, 0.3) is 0 Å². The molecule has 4 rings (SSSR count). The predicted molar refractivity (Wildman–Crippen MR) is 117 cm³/mol. The van der Waals surface area contributed by atoms with Crippen LogP contribution in [-0.4, -0.2) is 39.2 Å². The Hall–Kier alpha value is -3.73. The number of carboxylic acid groups (broad SMARTS) is 2. The highest BCUT2D eigenvalue weighted by Crippen LogP contribution is 2.36. The van der Waals surface area contributed by atoms with Gasteiger partial charge < -0.3 is 25.8 Å². The number of H-pyrrole nitrogens is 1. The van der Waals surface area contributed by atoms with Crippen molar-refractivity contribution < 1.29 is 37.8 Å². The van der Waals surface area contributed by atoms with Crippen LogP contribution in [0.25, 0.3) is 10.9 Å². The van der Waals surface area contributed by atoms with Gasteiger partial charge in [0.1, 0.15) is 0 Å². The molecule has 12 heteroatoms. The first-order chi connectivity index (χ1) is 15.9. The number of halogens is 4. The molecule has 1 unspecified atom stereocenters. The van der Waals surface area contributed by atoms with Crippen LogP contribution in [0.5, 0.6) is 0 Å². The highest BCUT2D eigenvalue weighted by atomic mass is 35.5. The van der Waals surface area contributed by atoms with E-state index in [1.807, 2.05) is 0 Å². The second-order valence-electron chi connectivity index (χ2n) is 7.87. The van der Waals surface area contributed by atoms with E-state index in [0.717, 1.165) is 23.9 Å². The summed E-state index contributed by atoms with van der Waals surface area (Å²) in [4.78, 5) is 38.6. The van der Waals surface area contributed by atoms with Crippen LogP contribution in [0.15, 0.2) is 30.3 Å². The Labute approximate surface area is 194 Å². The average molecular weight is 496 g/mol. The van der Waals surface area contributed by atoms with Gasteiger partial charge in [-0.3, -0.25) is 0 Å². The Morgan fingerprint density at radius 1 is 1.09 bits per heavy atom. The van der Waals surface area contributed by atoms with Crippen molar-refractivity contribution in [2.24, 2.45) is 0 Å². The normalized spacial score (nSPS) is 15.6. The second-order valence-corrected chi connectivity index (χ2v) is 8.28. The molecule has 2 amide bonds. The summed E-state index contributed by atoms with van der Waals surface area (Å²) in [5, 5.41) is 23.8. The molecule has 1 aliphatic rings. The first-order valence-corrected chi connectivity index (χ1v) is 10.4. The number of benzene rings is 2. The quantitative estimate of drug-likeness (QED) is 0.351. The topological polar surface area (TPSA) is 132 Å². The third-order valence-corrected chi connectivity index (χ3v) is 5.96. The number of hydrogen-bond acceptors (Lipinski definition) is 3. The summed E-state index contributed by atoms with van der Waals surface area (Å²) in [7, 11) is 0. The molecule has 1 heterocycles. The first-order valence-electron chi connectivity index (χ1n) is 10.0. The van der Waals surface area contributed by atoms with E-state index < -0.39 is 40.8 Å². The maximum atomic E-state index is 13.0. The summed E-state index contributed by atoms with van der Waals surface area (Å²) in [5.41, 5.74) is 0.255. The summed E-state index contributed by atoms with van der Waals surface area (Å²) in [6, 6.07) is 4.31. The van der Waals surface area contributed by atoms with Crippen molar-refractivity contribution in [3.63, 3.8) is 0 Å². The van der Waals surface area contributed by atoms with Crippen LogP contribution in [0.4, 0.5) is 23.7 Å². The van der Waals surface area contributed by atoms with Crippen molar-refractivity contribution >= 4 is 46.2 Å². The van der Waals surface area contributed by atoms with Gasteiger partial charge in [-0.05, 0) is 55.2 Å². The van der Waals surface area contributed by atoms with Gasteiger partial charge in [-0.2, -0.15) is 13.2 Å². The summed E-state index contributed by atoms with van der Waals surface area (Å²) >= 11 is 5.59. The zero-order valence-electron chi connectivity index (χ0n) is 17.2. The average Bonchev–Trinajstić information content (AvgIpc) is 3.11. The van der Waals surface area contributed by atoms with Gasteiger partial charge in [-0.1, -0.05) is 11.6 Å². The minimum atomic E-state index is -4.68. The largest absolute Gasteiger partial charge is 0.478 e. The van der Waals surface area contributed by atoms with Crippen LogP contribution in [0.3, 0.4) is 0 Å². The molecule has 1 aromatic heterocycles. The molecular weight excluding hydrogens is 479 g/mol. The van der Waals surface area contributed by atoms with Crippen molar-refractivity contribution in [2.75, 3.05) is 5.32 Å². The number of alkyl halides is 3. The lowest BCUT2D eigenvalue weighted by atomic mass is 9.89. The molecule has 0 fully saturated rings. The third-order valence-electron chi connectivity index (χ3n) is 5.63. The van der Waals surface area contributed by atoms with E-state index in [9.17, 15) is 37.8 Å². The van der Waals surface area contributed by atoms with E-state index in [2.05, 4.69) is 15.6 Å². The molecule has 3 aromatic rings. The van der Waals surface area contributed by atoms with Gasteiger partial charge in [0, 0.05) is 28.3 Å². The number of aromatic carboxylic acids is 2. The number of aryl methyl sites for hydroxylation is 1. The molecule has 0 saturated carbocycles. The lowest BCUT2D eigenvalue weighted by Crippen LogP contribution is -2.41. The van der Waals surface area contributed by atoms with E-state index in [1.165, 1.54) is 12.1 Å². The smallest absolute Gasteiger partial charge is 0.417 e. The van der Waals surface area contributed by atoms with E-state index in [1.54, 1.807) is 0 Å². The van der Waals surface area contributed by atoms with Gasteiger partial charge in [0.05, 0.1) is 21.7 Å². The van der Waals surface area contributed by atoms with Gasteiger partial charge in [-0.15, -0.1) is 0 Å². The van der Waals surface area contributed by atoms with Gasteiger partial charge in [0.2, 0.25) is 0 Å². The zero-order valence-corrected chi connectivity index (χ0v) is 18.0. The van der Waals surface area contributed by atoms with Crippen molar-refractivity contribution in [3.8, 4) is 0 Å². The highest BCUT2D eigenvalue weighted by Gasteiger charge is 2.33. The molecule has 8 nitrogen and oxygen atoms in total. The number of amides is 2. The van der Waals surface area contributed by atoms with Crippen LogP contribution in [0.1, 0.15) is 44.0 Å². The standard InChI is InChI=1S/C22H17ClF3N3O5/c23-15-3-1-11(8-14(15)22(24,25)26)28-21(34)27-10-2-4-16-12(7-10)18-13(20(32)33)5-9(19(30)31)6-17(18)29-16/h1,3,5-6,8,10,29H,2,4,7H2,(H,30,31)(H,32,33)(H2,27,28,34). The Morgan fingerprint density at radius 2 is 1.82 bits per heavy atom. The maximum Gasteiger partial charge on any atom is 0.417 e. The van der Waals surface area contributed by atoms with Crippen LogP contribution >= 0.6 is 11.6 Å². The van der Waals surface area contributed by atoms with Gasteiger partial charge in [0.15, 0.2) is 0 Å². The second kappa shape index (κ2) is 8.56. The number of rotatable bonds is 4. The fraction of sp³-hybridized carbons (Fsp3) is 0.227. The Morgan fingerprint density at radius 3 is 2.47 bits per heavy atom. The van der Waals surface area contributed by atoms with E-state index in [-0.39, 0.29) is 23.2 Å². The Bertz CT molecular complexity index is 1340. The number of fused-ring (bicyclic) bond motifs is 3. The number of nitrogens with one attached hydrogen (secondary N) is 3. The number of aromatic nitrogens is 1. The maximum absolute atomic E-state index is 13.0. The Balaban J connectivity index is 1.55. The number of aromatic amines is 1. The minimum Gasteiger partial charge on any atom is -0.478 e. The van der Waals surface area contributed by atoms with Gasteiger partial charge in [-0.25, -0.2) is 14.4 Å². The fourth-order valence-corrected chi connectivity index (χ4v) is 4.37. The number of hydrogen-bond donors (Lipinski definition) is 5. The van der Waals surface area contributed by atoms with Crippen molar-refractivity contribution in [2.45, 2.75) is 31.5 Å². The fourth-order valence-electron chi connectivity index (χ4n) is 4.15. The first kappa shape index (κ1) is 23.4. The van der Waals surface area contributed by atoms with Crippen LogP contribution in [0.2, 0.25) is 5.02 Å². The third kappa shape index (κ3) is 4.51. The molecule has 2 aromatic carbocycles. The number of carbonyl (C=O) groups is 3. The van der Waals surface area contributed by atoms with E-state index in [0.29, 0.717) is 29.3 Å². The summed E-state index contributed by atoms with van der Waals surface area (Å²) < 4.78 is 39.1. The molecule has 1 atom stereocenters. The number of urea groups is 1. The summed E-state index contributed by atoms with van der Waals surface area (Å²) in [6.45, 7) is 0. The highest BCUT2D eigenvalue weighted by molar-refractivity contribution is 6.31. The summed E-state index contributed by atoms with van der Waals surface area (Å²) in [5.74, 6) is -2.55. The zero-order chi connectivity index (χ0) is 24.8. The predicted octanol–water partition coefficient (Wildman–Crippen LogP) is 4.92. The molecule has 0 aliphatic heterocycles. The molecule has 34 heavy (non-hydrogen) atoms. The minimum absolute atomic E-state index is 0.0906. The van der Waals surface area contributed by atoms with Crippen LogP contribution in [-0.2, 0) is 19.0 Å². The molecule has 178 valence electrons. The molecule has 0 spiro atoms. The lowest BCUT2D eigenvalue weighted by molar-refractivity contribution is -0.137. The summed E-state index contributed by atoms with van der Waals surface area (Å²) in [6.07, 6.45) is -3.49. The molecule has 0 radical (unpaired) electrons. The van der Waals surface area contributed by atoms with Crippen molar-refractivity contribution in [1.29, 1.82) is 0 Å². The SMILES string of the molecule is O=C(Nc1ccc(Cl)c(C(F)(F)F)c1)NC1CCc2[nH]c3cc(C(=O)O)cc(C(=O)O)c3c2C1. The lowest BCUT2D eigenvalue weighted by Gasteiger charge is -2.24. The number of carboxylic acids is 2. The Kier molecular flexibility index (Phi) is 5.90. The molecule has 0 saturated heterocycles. The van der Waals surface area contributed by atoms with E-state index in [4.69, 9.17) is 11.6 Å². The number of carbonyl (C=O) groups excluding carboxylic acids is 1. The van der Waals surface area contributed by atoms with Crippen molar-refractivity contribution in [1.82, 2.24) is 10.3 Å². The number of anilines is 1. The monoisotopic (exact) mass is 495 g/mol. The van der Waals surface area contributed by atoms with Gasteiger partial charge >= 0.3 is 24.1 Å². The molecule has 5 N–H and O–H groups in total. The molecule has 0 bridgehead atoms. The van der Waals surface area contributed by atoms with E-state index >= 15 is 0 Å². The molecular formula is C22H17ClF3N3O5. The molecule has 1 aliphatic carbocycles. The van der Waals surface area contributed by atoms with Crippen LogP contribution in [0, 0.1) is 0 Å². The van der Waals surface area contributed by atoms with Crippen LogP contribution < -0.4 is 10.6 Å². The van der Waals surface area contributed by atoms with Crippen molar-refractivity contribution in [3.05, 3.63) is 63.3 Å².